The maximum absolute atomic E-state index is 14.5. The maximum Gasteiger partial charge on any atom is 0.187 e. The average Bonchev–Trinajstić information content (AvgIpc) is 3.90. The van der Waals surface area contributed by atoms with Gasteiger partial charge in [0, 0.05) is 30.5 Å². The Morgan fingerprint density at radius 1 is 0.687 bits per heavy atom. The number of nitrogens with zero attached hydrogens (tertiary/aromatic N) is 5. The van der Waals surface area contributed by atoms with Crippen molar-refractivity contribution in [2.24, 2.45) is 21.7 Å². The molecule has 0 amide bonds. The van der Waals surface area contributed by atoms with E-state index in [1.165, 1.54) is 24.2 Å². The fourth-order valence-electron chi connectivity index (χ4n) is 11.1. The Balaban J connectivity index is 0.000000170. The summed E-state index contributed by atoms with van der Waals surface area (Å²) in [5, 5.41) is 13.2. The van der Waals surface area contributed by atoms with Gasteiger partial charge in [-0.2, -0.15) is 6.57 Å². The van der Waals surface area contributed by atoms with E-state index in [2.05, 4.69) is 62.2 Å². The summed E-state index contributed by atoms with van der Waals surface area (Å²) in [5.74, 6) is 0.338. The molecule has 3 atom stereocenters. The molecule has 0 saturated carbocycles. The number of nitrogens with two attached hydrogens (primary N) is 1. The highest BCUT2D eigenvalue weighted by Crippen LogP contribution is 2.62. The van der Waals surface area contributed by atoms with Crippen molar-refractivity contribution in [2.75, 3.05) is 14.1 Å². The van der Waals surface area contributed by atoms with E-state index in [4.69, 9.17) is 35.5 Å². The standard InChI is InChI=1S/C28H24FN3O.C26H18FN3.CH5NO.ClH/c1-31-22-7-3-5-18(13-22)19-9-10-21-16-27(12-11-23-20(15-27)6-4-8-25(23)29)28(24(21)14-19)17-26(30)32(2)33-28;1-28-21-7-3-5-17(13-21)18-9-10-20-16-26(25(30-29-2)23(20)14-18)12-11-22-19(15-26)6-4-8-24(22)27;1-2-3;/h3-10,13-14,17H,11-12,15-16,30H2,2H3;3-10,13-14H,11-12,15-16H2;2-3H,1H3;1H/b;30-25+;;. The third-order valence-corrected chi connectivity index (χ3v) is 14.2. The molecule has 0 fully saturated rings. The molecule has 9 nitrogen and oxygen atoms in total. The van der Waals surface area contributed by atoms with Crippen molar-refractivity contribution in [1.29, 1.82) is 0 Å². The summed E-state index contributed by atoms with van der Waals surface area (Å²) in [5.41, 5.74) is 21.2. The molecule has 0 radical (unpaired) electrons. The molecule has 11 rings (SSSR count). The Hall–Kier alpha value is -7.17. The SMILES string of the molecule is CNO.Cl.[C-]#[N+]/N=C1\c2cc(-c3cccc([N+]#[C-])c3)ccc2CC12CCc1c(F)cccc1C2.[C-]#[N+]c1cccc(-c2ccc3c(c2)C2(C=C(N)N(C)O2)C2(CCc4c(F)cccc4C2)C3)c1. The minimum atomic E-state index is -0.710. The Morgan fingerprint density at radius 3 is 1.79 bits per heavy atom. The number of hydroxylamine groups is 3. The molecular formula is C55H48ClF2N7O2. The molecule has 0 bridgehead atoms. The Bertz CT molecular complexity index is 3110. The normalized spacial score (nSPS) is 21.8. The average molecular weight is 912 g/mol. The molecule has 67 heavy (non-hydrogen) atoms. The highest BCUT2D eigenvalue weighted by Gasteiger charge is 2.62. The van der Waals surface area contributed by atoms with Crippen LogP contribution in [-0.4, -0.2) is 30.1 Å². The van der Waals surface area contributed by atoms with Gasteiger partial charge in [0.05, 0.1) is 18.2 Å². The lowest BCUT2D eigenvalue weighted by molar-refractivity contribution is -0.221. The fourth-order valence-corrected chi connectivity index (χ4v) is 11.1. The Labute approximate surface area is 396 Å². The van der Waals surface area contributed by atoms with Crippen molar-refractivity contribution in [3.63, 3.8) is 0 Å². The molecule has 3 spiro atoms. The van der Waals surface area contributed by atoms with Gasteiger partial charge in [-0.05, 0) is 155 Å². The zero-order valence-corrected chi connectivity index (χ0v) is 37.9. The van der Waals surface area contributed by atoms with Crippen LogP contribution in [0.3, 0.4) is 0 Å². The largest absolute Gasteiger partial charge is 0.384 e. The summed E-state index contributed by atoms with van der Waals surface area (Å²) in [6.07, 6.45) is 8.09. The first kappa shape index (κ1) is 46.4. The van der Waals surface area contributed by atoms with Crippen LogP contribution in [-0.2, 0) is 49.0 Å². The number of nitrogens with one attached hydrogen (secondary N) is 1. The van der Waals surface area contributed by atoms with Crippen LogP contribution in [0.15, 0.2) is 138 Å². The summed E-state index contributed by atoms with van der Waals surface area (Å²) in [4.78, 5) is 17.1. The predicted molar refractivity (Wildman–Crippen MR) is 259 cm³/mol. The number of hydrogen-bond acceptors (Lipinski definition) is 6. The van der Waals surface area contributed by atoms with Gasteiger partial charge in [-0.25, -0.2) is 29.0 Å². The van der Waals surface area contributed by atoms with E-state index in [0.717, 1.165) is 93.5 Å². The van der Waals surface area contributed by atoms with Gasteiger partial charge in [0.1, 0.15) is 28.8 Å². The molecule has 1 heterocycles. The molecule has 5 aliphatic rings. The van der Waals surface area contributed by atoms with Crippen molar-refractivity contribution in [3.05, 3.63) is 224 Å². The first-order chi connectivity index (χ1) is 32.0. The van der Waals surface area contributed by atoms with Gasteiger partial charge in [-0.15, -0.1) is 17.4 Å². The first-order valence-corrected chi connectivity index (χ1v) is 21.9. The van der Waals surface area contributed by atoms with Gasteiger partial charge in [-0.1, -0.05) is 84.9 Å². The van der Waals surface area contributed by atoms with Crippen molar-refractivity contribution < 1.29 is 18.8 Å². The summed E-state index contributed by atoms with van der Waals surface area (Å²) in [6.45, 7) is 22.0. The van der Waals surface area contributed by atoms with Gasteiger partial charge < -0.3 is 10.9 Å². The van der Waals surface area contributed by atoms with Crippen molar-refractivity contribution >= 4 is 29.5 Å². The van der Waals surface area contributed by atoms with Gasteiger partial charge in [0.15, 0.2) is 11.4 Å². The molecule has 4 aliphatic carbocycles. The van der Waals surface area contributed by atoms with E-state index in [0.29, 0.717) is 36.5 Å². The zero-order chi connectivity index (χ0) is 46.2. The minimum Gasteiger partial charge on any atom is -0.384 e. The summed E-state index contributed by atoms with van der Waals surface area (Å²) in [6, 6.07) is 38.7. The van der Waals surface area contributed by atoms with Gasteiger partial charge in [0.2, 0.25) is 0 Å². The van der Waals surface area contributed by atoms with Crippen LogP contribution >= 0.6 is 12.4 Å². The number of hydrogen-bond donors (Lipinski definition) is 3. The second-order valence-electron chi connectivity index (χ2n) is 17.8. The van der Waals surface area contributed by atoms with Gasteiger partial charge >= 0.3 is 0 Å². The minimum absolute atomic E-state index is 0. The summed E-state index contributed by atoms with van der Waals surface area (Å²) < 4.78 is 28.8. The molecule has 12 heteroatoms. The lowest BCUT2D eigenvalue weighted by Crippen LogP contribution is -2.47. The molecule has 6 aromatic rings. The van der Waals surface area contributed by atoms with Crippen LogP contribution in [0.1, 0.15) is 57.3 Å². The Morgan fingerprint density at radius 2 is 1.21 bits per heavy atom. The van der Waals surface area contributed by atoms with E-state index in [-0.39, 0.29) is 34.9 Å². The van der Waals surface area contributed by atoms with Gasteiger partial charge in [0.25, 0.3) is 0 Å². The van der Waals surface area contributed by atoms with Crippen LogP contribution in [0.25, 0.3) is 36.9 Å². The second kappa shape index (κ2) is 18.6. The molecule has 3 unspecified atom stereocenters. The van der Waals surface area contributed by atoms with Crippen LogP contribution in [0.2, 0.25) is 0 Å². The van der Waals surface area contributed by atoms with E-state index >= 15 is 0 Å². The van der Waals surface area contributed by atoms with Crippen LogP contribution in [0.5, 0.6) is 0 Å². The molecule has 6 aromatic carbocycles. The van der Waals surface area contributed by atoms with Crippen molar-refractivity contribution in [3.8, 4) is 22.3 Å². The summed E-state index contributed by atoms with van der Waals surface area (Å²) >= 11 is 0. The number of rotatable bonds is 2. The topological polar surface area (TPSA) is 96.2 Å². The fraction of sp³-hybridized carbons (Fsp3) is 0.236. The zero-order valence-electron chi connectivity index (χ0n) is 37.1. The van der Waals surface area contributed by atoms with E-state index in [1.54, 1.807) is 34.8 Å². The molecule has 1 aliphatic heterocycles. The van der Waals surface area contributed by atoms with Crippen LogP contribution < -0.4 is 11.2 Å². The van der Waals surface area contributed by atoms with Crippen LogP contribution in [0.4, 0.5) is 20.2 Å². The van der Waals surface area contributed by atoms with Gasteiger partial charge in [-0.3, -0.25) is 4.84 Å². The molecule has 336 valence electrons. The van der Waals surface area contributed by atoms with Crippen molar-refractivity contribution in [2.45, 2.75) is 57.0 Å². The smallest absolute Gasteiger partial charge is 0.187 e. The third-order valence-electron chi connectivity index (χ3n) is 14.2. The predicted octanol–water partition coefficient (Wildman–Crippen LogP) is 12.1. The maximum atomic E-state index is 14.5. The molecule has 4 N–H and O–H groups in total. The molecule has 0 aromatic heterocycles. The highest BCUT2D eigenvalue weighted by molar-refractivity contribution is 6.10. The van der Waals surface area contributed by atoms with E-state index in [1.807, 2.05) is 61.6 Å². The van der Waals surface area contributed by atoms with E-state index < -0.39 is 5.60 Å². The quantitative estimate of drug-likeness (QED) is 0.119. The lowest BCUT2D eigenvalue weighted by atomic mass is 9.62. The van der Waals surface area contributed by atoms with E-state index in [9.17, 15) is 8.78 Å². The summed E-state index contributed by atoms with van der Waals surface area (Å²) in [7, 11) is 3.27. The third kappa shape index (κ3) is 8.13. The highest BCUT2D eigenvalue weighted by atomic mass is 35.5. The number of halogens is 3. The molecular weight excluding hydrogens is 864 g/mol. The first-order valence-electron chi connectivity index (χ1n) is 21.9. The Kier molecular flexibility index (Phi) is 12.9. The number of fused-ring (bicyclic) bond motifs is 6. The van der Waals surface area contributed by atoms with Crippen LogP contribution in [0, 0.1) is 42.2 Å². The molecule has 0 saturated heterocycles. The monoisotopic (exact) mass is 911 g/mol. The second-order valence-corrected chi connectivity index (χ2v) is 17.8. The number of benzene rings is 6. The van der Waals surface area contributed by atoms with Crippen molar-refractivity contribution in [1.82, 2.24) is 10.5 Å². The lowest BCUT2D eigenvalue weighted by Gasteiger charge is -2.45.